The van der Waals surface area contributed by atoms with Crippen molar-refractivity contribution in [3.05, 3.63) is 34.9 Å². The van der Waals surface area contributed by atoms with Gasteiger partial charge in [-0.25, -0.2) is 4.99 Å². The third kappa shape index (κ3) is 1.83. The molecule has 0 aliphatic carbocycles. The van der Waals surface area contributed by atoms with Crippen LogP contribution in [-0.2, 0) is 15.4 Å². The third-order valence-electron chi connectivity index (χ3n) is 2.82. The van der Waals surface area contributed by atoms with Crippen LogP contribution in [0.25, 0.3) is 0 Å². The summed E-state index contributed by atoms with van der Waals surface area (Å²) in [6.45, 7) is 6.88. The Morgan fingerprint density at radius 3 is 2.47 bits per heavy atom. The highest BCUT2D eigenvalue weighted by Gasteiger charge is 2.42. The van der Waals surface area contributed by atoms with Gasteiger partial charge in [-0.3, -0.25) is 0 Å². The number of fused-ring (bicyclic) bond motifs is 1. The lowest BCUT2D eigenvalue weighted by molar-refractivity contribution is -0.234. The smallest absolute Gasteiger partial charge is 0.300 e. The van der Waals surface area contributed by atoms with Gasteiger partial charge in [-0.05, 0) is 26.3 Å². The number of amidine groups is 1. The molecule has 2 N–H and O–H groups in total. The van der Waals surface area contributed by atoms with Gasteiger partial charge in [-0.2, -0.15) is 0 Å². The maximum Gasteiger partial charge on any atom is 0.300 e. The van der Waals surface area contributed by atoms with Crippen LogP contribution < -0.4 is 5.73 Å². The summed E-state index contributed by atoms with van der Waals surface area (Å²) >= 11 is 0. The van der Waals surface area contributed by atoms with Crippen molar-refractivity contribution < 1.29 is 9.47 Å². The summed E-state index contributed by atoms with van der Waals surface area (Å²) in [7, 11) is 0. The summed E-state index contributed by atoms with van der Waals surface area (Å²) in [6.07, 6.45) is 0. The maximum absolute atomic E-state index is 5.97. The van der Waals surface area contributed by atoms with Gasteiger partial charge in [0.15, 0.2) is 0 Å². The Balaban J connectivity index is 2.56. The second-order valence-electron chi connectivity index (χ2n) is 3.94. The fourth-order valence-corrected chi connectivity index (χ4v) is 2.20. The second-order valence-corrected chi connectivity index (χ2v) is 3.94. The minimum Gasteiger partial charge on any atom is -0.383 e. The molecular weight excluding hydrogens is 216 g/mol. The molecule has 0 saturated carbocycles. The van der Waals surface area contributed by atoms with E-state index in [0.29, 0.717) is 19.0 Å². The molecule has 4 heteroatoms. The molecule has 0 aromatic heterocycles. The molecule has 0 spiro atoms. The van der Waals surface area contributed by atoms with E-state index in [1.54, 1.807) is 0 Å². The van der Waals surface area contributed by atoms with Gasteiger partial charge < -0.3 is 15.2 Å². The standard InChI is InChI=1S/C13H18N2O2/c1-4-16-13(17-5-2)10-8-6-7-9(3)11(10)12(14)15-13/h6-8H,4-5H2,1-3H3,(H2,14,15). The van der Waals surface area contributed by atoms with Gasteiger partial charge in [-0.1, -0.05) is 18.2 Å². The molecule has 0 unspecified atom stereocenters. The zero-order valence-electron chi connectivity index (χ0n) is 10.5. The first-order valence-electron chi connectivity index (χ1n) is 5.88. The molecule has 0 saturated heterocycles. The Morgan fingerprint density at radius 2 is 1.88 bits per heavy atom. The molecule has 0 bridgehead atoms. The van der Waals surface area contributed by atoms with Crippen molar-refractivity contribution in [1.82, 2.24) is 0 Å². The quantitative estimate of drug-likeness (QED) is 0.809. The lowest BCUT2D eigenvalue weighted by atomic mass is 10.0. The Morgan fingerprint density at radius 1 is 1.24 bits per heavy atom. The monoisotopic (exact) mass is 234 g/mol. The molecule has 1 aliphatic rings. The van der Waals surface area contributed by atoms with Crippen LogP contribution in [0.3, 0.4) is 0 Å². The number of hydrogen-bond acceptors (Lipinski definition) is 4. The van der Waals surface area contributed by atoms with Crippen molar-refractivity contribution in [2.75, 3.05) is 13.2 Å². The van der Waals surface area contributed by atoms with Crippen LogP contribution in [0.15, 0.2) is 23.2 Å². The van der Waals surface area contributed by atoms with Crippen LogP contribution in [0, 0.1) is 6.92 Å². The van der Waals surface area contributed by atoms with Crippen LogP contribution in [-0.4, -0.2) is 19.0 Å². The number of nitrogens with zero attached hydrogens (tertiary/aromatic N) is 1. The Labute approximate surface area is 101 Å². The van der Waals surface area contributed by atoms with E-state index in [-0.39, 0.29) is 0 Å². The van der Waals surface area contributed by atoms with Gasteiger partial charge in [0, 0.05) is 24.3 Å². The Bertz CT molecular complexity index is 449. The highest BCUT2D eigenvalue weighted by atomic mass is 16.7. The fraction of sp³-hybridized carbons (Fsp3) is 0.462. The molecule has 0 amide bonds. The highest BCUT2D eigenvalue weighted by molar-refractivity contribution is 6.02. The van der Waals surface area contributed by atoms with Crippen molar-refractivity contribution in [2.45, 2.75) is 26.7 Å². The first-order chi connectivity index (χ1) is 8.14. The molecule has 1 heterocycles. The van der Waals surface area contributed by atoms with Crippen LogP contribution in [0.2, 0.25) is 0 Å². The average Bonchev–Trinajstić information content (AvgIpc) is 2.55. The number of nitrogens with two attached hydrogens (primary N) is 1. The van der Waals surface area contributed by atoms with E-state index in [2.05, 4.69) is 4.99 Å². The molecule has 4 nitrogen and oxygen atoms in total. The van der Waals surface area contributed by atoms with E-state index in [1.165, 1.54) is 0 Å². The van der Waals surface area contributed by atoms with Gasteiger partial charge in [0.2, 0.25) is 0 Å². The lowest BCUT2D eigenvalue weighted by Crippen LogP contribution is -2.29. The average molecular weight is 234 g/mol. The number of ether oxygens (including phenoxy) is 2. The van der Waals surface area contributed by atoms with Crippen LogP contribution in [0.5, 0.6) is 0 Å². The molecule has 2 rings (SSSR count). The zero-order chi connectivity index (χ0) is 12.5. The topological polar surface area (TPSA) is 56.8 Å². The Kier molecular flexibility index (Phi) is 3.17. The van der Waals surface area contributed by atoms with Crippen molar-refractivity contribution >= 4 is 5.84 Å². The van der Waals surface area contributed by atoms with Gasteiger partial charge in [0.05, 0.1) is 0 Å². The zero-order valence-corrected chi connectivity index (χ0v) is 10.5. The van der Waals surface area contributed by atoms with Crippen molar-refractivity contribution in [3.63, 3.8) is 0 Å². The molecule has 0 radical (unpaired) electrons. The largest absolute Gasteiger partial charge is 0.383 e. The van der Waals surface area contributed by atoms with Gasteiger partial charge in [0.25, 0.3) is 0 Å². The predicted molar refractivity (Wildman–Crippen MR) is 66.8 cm³/mol. The molecule has 1 aromatic rings. The molecule has 17 heavy (non-hydrogen) atoms. The number of rotatable bonds is 4. The number of hydrogen-bond donors (Lipinski definition) is 1. The summed E-state index contributed by atoms with van der Waals surface area (Å²) in [5.41, 5.74) is 8.90. The van der Waals surface area contributed by atoms with E-state index >= 15 is 0 Å². The normalized spacial score (nSPS) is 16.8. The molecule has 1 aliphatic heterocycles. The summed E-state index contributed by atoms with van der Waals surface area (Å²) in [5.74, 6) is -0.561. The Hall–Kier alpha value is -1.39. The molecule has 0 fully saturated rings. The summed E-state index contributed by atoms with van der Waals surface area (Å²) in [5, 5.41) is 0. The summed E-state index contributed by atoms with van der Waals surface area (Å²) < 4.78 is 11.4. The predicted octanol–water partition coefficient (Wildman–Crippen LogP) is 1.90. The summed E-state index contributed by atoms with van der Waals surface area (Å²) in [4.78, 5) is 4.38. The second kappa shape index (κ2) is 4.47. The third-order valence-corrected chi connectivity index (χ3v) is 2.82. The number of aryl methyl sites for hydroxylation is 1. The fourth-order valence-electron chi connectivity index (χ4n) is 2.20. The van der Waals surface area contributed by atoms with Crippen molar-refractivity contribution in [1.29, 1.82) is 0 Å². The van der Waals surface area contributed by atoms with Crippen molar-refractivity contribution in [3.8, 4) is 0 Å². The minimum absolute atomic E-state index is 0.486. The maximum atomic E-state index is 5.97. The van der Waals surface area contributed by atoms with Gasteiger partial charge in [-0.15, -0.1) is 0 Å². The molecule has 92 valence electrons. The summed E-state index contributed by atoms with van der Waals surface area (Å²) in [6, 6.07) is 5.93. The SMILES string of the molecule is CCOC1(OCC)N=C(N)c2c(C)cccc21. The molecule has 0 atom stereocenters. The van der Waals surface area contributed by atoms with Crippen LogP contribution >= 0.6 is 0 Å². The van der Waals surface area contributed by atoms with Crippen LogP contribution in [0.1, 0.15) is 30.5 Å². The van der Waals surface area contributed by atoms with E-state index < -0.39 is 5.91 Å². The van der Waals surface area contributed by atoms with Gasteiger partial charge in [0.1, 0.15) is 5.84 Å². The molecule has 1 aromatic carbocycles. The number of benzene rings is 1. The van der Waals surface area contributed by atoms with E-state index in [1.807, 2.05) is 39.0 Å². The first-order valence-corrected chi connectivity index (χ1v) is 5.88. The van der Waals surface area contributed by atoms with E-state index in [4.69, 9.17) is 15.2 Å². The van der Waals surface area contributed by atoms with E-state index in [0.717, 1.165) is 16.7 Å². The van der Waals surface area contributed by atoms with E-state index in [9.17, 15) is 0 Å². The first kappa shape index (κ1) is 12.1. The van der Waals surface area contributed by atoms with Gasteiger partial charge >= 0.3 is 5.91 Å². The van der Waals surface area contributed by atoms with Crippen molar-refractivity contribution in [2.24, 2.45) is 10.7 Å². The van der Waals surface area contributed by atoms with Crippen LogP contribution in [0.4, 0.5) is 0 Å². The minimum atomic E-state index is -1.05. The lowest BCUT2D eigenvalue weighted by Gasteiger charge is -2.26. The number of aliphatic imine (C=N–C) groups is 1. The molecular formula is C13H18N2O2. The highest BCUT2D eigenvalue weighted by Crippen LogP contribution is 2.38.